The fourth-order valence-electron chi connectivity index (χ4n) is 2.36. The monoisotopic (exact) mass is 368 g/mol. The Morgan fingerprint density at radius 3 is 2.70 bits per heavy atom. The van der Waals surface area contributed by atoms with Crippen molar-refractivity contribution in [2.45, 2.75) is 26.4 Å². The predicted octanol–water partition coefficient (Wildman–Crippen LogP) is 3.50. The van der Waals surface area contributed by atoms with Crippen molar-refractivity contribution in [3.63, 3.8) is 0 Å². The highest BCUT2D eigenvalue weighted by molar-refractivity contribution is 5.91. The van der Waals surface area contributed by atoms with Crippen LogP contribution in [0.25, 0.3) is 11.5 Å². The normalized spacial score (nSPS) is 10.6. The maximum Gasteiger partial charge on any atom is 0.306 e. The highest BCUT2D eigenvalue weighted by atomic mass is 16.5. The number of benzene rings is 1. The lowest BCUT2D eigenvalue weighted by Crippen LogP contribution is -2.24. The Morgan fingerprint density at radius 2 is 1.96 bits per heavy atom. The topological polar surface area (TPSA) is 94.6 Å². The second kappa shape index (κ2) is 8.84. The molecule has 0 fully saturated rings. The molecule has 0 atom stereocenters. The smallest absolute Gasteiger partial charge is 0.306 e. The van der Waals surface area contributed by atoms with E-state index in [2.05, 4.69) is 10.3 Å². The number of hydrogen-bond acceptors (Lipinski definition) is 6. The summed E-state index contributed by atoms with van der Waals surface area (Å²) in [5.74, 6) is 0.0661. The molecule has 0 saturated heterocycles. The first-order valence-electron chi connectivity index (χ1n) is 8.60. The van der Waals surface area contributed by atoms with Crippen LogP contribution in [0.5, 0.6) is 0 Å². The van der Waals surface area contributed by atoms with Gasteiger partial charge in [0, 0.05) is 18.5 Å². The van der Waals surface area contributed by atoms with Crippen molar-refractivity contribution in [3.05, 3.63) is 65.9 Å². The lowest BCUT2D eigenvalue weighted by atomic mass is 10.1. The van der Waals surface area contributed by atoms with Crippen molar-refractivity contribution in [2.75, 3.05) is 6.54 Å². The van der Waals surface area contributed by atoms with Gasteiger partial charge in [-0.25, -0.2) is 4.98 Å². The molecule has 0 aliphatic heterocycles. The first-order chi connectivity index (χ1) is 13.1. The molecule has 3 rings (SSSR count). The molecule has 0 bridgehead atoms. The SMILES string of the molecule is Cc1ccc(-c2nc(COC(=O)CCCNC(=O)c3ccco3)co2)cc1. The van der Waals surface area contributed by atoms with E-state index in [1.807, 2.05) is 31.2 Å². The molecule has 2 heterocycles. The molecular formula is C20H20N2O5. The number of aryl methyl sites for hydroxylation is 1. The average molecular weight is 368 g/mol. The summed E-state index contributed by atoms with van der Waals surface area (Å²) < 4.78 is 15.6. The van der Waals surface area contributed by atoms with E-state index < -0.39 is 0 Å². The summed E-state index contributed by atoms with van der Waals surface area (Å²) in [6.07, 6.45) is 3.58. The van der Waals surface area contributed by atoms with Crippen molar-refractivity contribution in [1.29, 1.82) is 0 Å². The van der Waals surface area contributed by atoms with Crippen molar-refractivity contribution in [2.24, 2.45) is 0 Å². The van der Waals surface area contributed by atoms with Crippen LogP contribution in [-0.2, 0) is 16.1 Å². The molecule has 3 aromatic rings. The second-order valence-corrected chi connectivity index (χ2v) is 6.01. The number of nitrogens with one attached hydrogen (secondary N) is 1. The third-order valence-electron chi connectivity index (χ3n) is 3.82. The van der Waals surface area contributed by atoms with Gasteiger partial charge in [0.1, 0.15) is 18.6 Å². The Morgan fingerprint density at radius 1 is 1.15 bits per heavy atom. The van der Waals surface area contributed by atoms with Crippen LogP contribution < -0.4 is 5.32 Å². The zero-order valence-electron chi connectivity index (χ0n) is 14.9. The third kappa shape index (κ3) is 5.31. The van der Waals surface area contributed by atoms with Crippen LogP contribution in [0.15, 0.2) is 57.8 Å². The van der Waals surface area contributed by atoms with Gasteiger partial charge < -0.3 is 18.9 Å². The Labute approximate surface area is 156 Å². The quantitative estimate of drug-likeness (QED) is 0.483. The fraction of sp³-hybridized carbons (Fsp3) is 0.250. The van der Waals surface area contributed by atoms with Gasteiger partial charge in [0.05, 0.1) is 6.26 Å². The number of oxazole rings is 1. The second-order valence-electron chi connectivity index (χ2n) is 6.01. The fourth-order valence-corrected chi connectivity index (χ4v) is 2.36. The van der Waals surface area contributed by atoms with Gasteiger partial charge >= 0.3 is 5.97 Å². The van der Waals surface area contributed by atoms with Gasteiger partial charge in [-0.1, -0.05) is 17.7 Å². The lowest BCUT2D eigenvalue weighted by molar-refractivity contribution is -0.145. The van der Waals surface area contributed by atoms with E-state index in [1.54, 1.807) is 12.1 Å². The Balaban J connectivity index is 1.37. The van der Waals surface area contributed by atoms with E-state index >= 15 is 0 Å². The molecule has 140 valence electrons. The Kier molecular flexibility index (Phi) is 6.04. The highest BCUT2D eigenvalue weighted by Crippen LogP contribution is 2.19. The Hall–Kier alpha value is -3.35. The van der Waals surface area contributed by atoms with Crippen molar-refractivity contribution < 1.29 is 23.2 Å². The van der Waals surface area contributed by atoms with E-state index in [0.717, 1.165) is 11.1 Å². The van der Waals surface area contributed by atoms with Crippen molar-refractivity contribution in [1.82, 2.24) is 10.3 Å². The molecule has 0 unspecified atom stereocenters. The van der Waals surface area contributed by atoms with E-state index in [-0.39, 0.29) is 30.7 Å². The van der Waals surface area contributed by atoms with Gasteiger partial charge in [0.15, 0.2) is 5.76 Å². The predicted molar refractivity (Wildman–Crippen MR) is 96.7 cm³/mol. The molecule has 1 N–H and O–H groups in total. The molecule has 7 heteroatoms. The summed E-state index contributed by atoms with van der Waals surface area (Å²) >= 11 is 0. The number of ether oxygens (including phenoxy) is 1. The van der Waals surface area contributed by atoms with Crippen LogP contribution >= 0.6 is 0 Å². The van der Waals surface area contributed by atoms with Gasteiger partial charge in [-0.2, -0.15) is 0 Å². The van der Waals surface area contributed by atoms with Crippen LogP contribution in [0.1, 0.15) is 34.7 Å². The number of rotatable bonds is 8. The van der Waals surface area contributed by atoms with Crippen LogP contribution in [0.2, 0.25) is 0 Å². The number of esters is 1. The molecule has 7 nitrogen and oxygen atoms in total. The number of nitrogens with zero attached hydrogens (tertiary/aromatic N) is 1. The molecule has 0 spiro atoms. The summed E-state index contributed by atoms with van der Waals surface area (Å²) in [7, 11) is 0. The molecular weight excluding hydrogens is 348 g/mol. The minimum atomic E-state index is -0.359. The molecule has 0 aliphatic rings. The first-order valence-corrected chi connectivity index (χ1v) is 8.60. The molecule has 2 aromatic heterocycles. The number of carbonyl (C=O) groups excluding carboxylic acids is 2. The third-order valence-corrected chi connectivity index (χ3v) is 3.82. The van der Waals surface area contributed by atoms with Gasteiger partial charge in [0.2, 0.25) is 5.89 Å². The number of amides is 1. The number of carbonyl (C=O) groups is 2. The van der Waals surface area contributed by atoms with Gasteiger partial charge in [-0.3, -0.25) is 9.59 Å². The summed E-state index contributed by atoms with van der Waals surface area (Å²) in [5.41, 5.74) is 2.57. The van der Waals surface area contributed by atoms with Crippen LogP contribution in [0.3, 0.4) is 0 Å². The van der Waals surface area contributed by atoms with Crippen molar-refractivity contribution in [3.8, 4) is 11.5 Å². The van der Waals surface area contributed by atoms with E-state index in [9.17, 15) is 9.59 Å². The molecule has 1 amide bonds. The molecule has 0 radical (unpaired) electrons. The van der Waals surface area contributed by atoms with Crippen molar-refractivity contribution >= 4 is 11.9 Å². The summed E-state index contributed by atoms with van der Waals surface area (Å²) in [6.45, 7) is 2.41. The highest BCUT2D eigenvalue weighted by Gasteiger charge is 2.10. The summed E-state index contributed by atoms with van der Waals surface area (Å²) in [4.78, 5) is 27.8. The molecule has 1 aromatic carbocycles. The van der Waals surface area contributed by atoms with E-state index in [0.29, 0.717) is 24.6 Å². The lowest BCUT2D eigenvalue weighted by Gasteiger charge is -2.04. The van der Waals surface area contributed by atoms with E-state index in [1.165, 1.54) is 12.5 Å². The van der Waals surface area contributed by atoms with Gasteiger partial charge in [-0.15, -0.1) is 0 Å². The zero-order valence-corrected chi connectivity index (χ0v) is 14.9. The maximum atomic E-state index is 11.8. The number of hydrogen-bond donors (Lipinski definition) is 1. The minimum absolute atomic E-state index is 0.0486. The van der Waals surface area contributed by atoms with Crippen LogP contribution in [0, 0.1) is 6.92 Å². The van der Waals surface area contributed by atoms with Gasteiger partial charge in [-0.05, 0) is 37.6 Å². The largest absolute Gasteiger partial charge is 0.459 e. The van der Waals surface area contributed by atoms with Crippen LogP contribution in [-0.4, -0.2) is 23.4 Å². The first kappa shape index (κ1) is 18.4. The zero-order chi connectivity index (χ0) is 19.1. The number of furan rings is 1. The summed E-state index contributed by atoms with van der Waals surface area (Å²) in [5, 5.41) is 2.67. The van der Waals surface area contributed by atoms with E-state index in [4.69, 9.17) is 13.6 Å². The Bertz CT molecular complexity index is 882. The summed E-state index contributed by atoms with van der Waals surface area (Å²) in [6, 6.07) is 11.0. The van der Waals surface area contributed by atoms with Gasteiger partial charge in [0.25, 0.3) is 5.91 Å². The molecule has 27 heavy (non-hydrogen) atoms. The maximum absolute atomic E-state index is 11.8. The molecule has 0 saturated carbocycles. The number of aromatic nitrogens is 1. The van der Waals surface area contributed by atoms with Crippen LogP contribution in [0.4, 0.5) is 0 Å². The minimum Gasteiger partial charge on any atom is -0.459 e. The molecule has 0 aliphatic carbocycles. The average Bonchev–Trinajstić information content (AvgIpc) is 3.36. The standard InChI is InChI=1S/C20H20N2O5/c1-14-6-8-15(9-7-14)20-22-16(13-27-20)12-26-18(23)5-2-10-21-19(24)17-4-3-11-25-17/h3-4,6-9,11,13H,2,5,10,12H2,1H3,(H,21,24).